The Bertz CT molecular complexity index is 4440. The molecule has 0 spiro atoms. The van der Waals surface area contributed by atoms with Gasteiger partial charge in [-0.2, -0.15) is 0 Å². The molecule has 15 rings (SSSR count). The van der Waals surface area contributed by atoms with Crippen LogP contribution < -0.4 is 0 Å². The highest BCUT2D eigenvalue weighted by Crippen LogP contribution is 2.51. The van der Waals surface area contributed by atoms with Crippen LogP contribution in [0.5, 0.6) is 0 Å². The third-order valence-corrected chi connectivity index (χ3v) is 16.6. The van der Waals surface area contributed by atoms with Gasteiger partial charge in [-0.25, -0.2) is 0 Å². The monoisotopic (exact) mass is 1040 g/mol. The van der Waals surface area contributed by atoms with Gasteiger partial charge in [0.2, 0.25) is 0 Å². The molecule has 0 fully saturated rings. The normalized spacial score (nSPS) is 11.4. The van der Waals surface area contributed by atoms with E-state index in [9.17, 15) is 0 Å². The summed E-state index contributed by atoms with van der Waals surface area (Å²) in [5.74, 6) is 0. The minimum atomic E-state index is 1.17. The van der Waals surface area contributed by atoms with Gasteiger partial charge in [0.15, 0.2) is 0 Å². The van der Waals surface area contributed by atoms with E-state index in [1.54, 1.807) is 0 Å². The third-order valence-electron chi connectivity index (χ3n) is 16.6. The van der Waals surface area contributed by atoms with Gasteiger partial charge >= 0.3 is 0 Å². The predicted octanol–water partition coefficient (Wildman–Crippen LogP) is 22.9. The van der Waals surface area contributed by atoms with Gasteiger partial charge in [0.25, 0.3) is 0 Å². The molecule has 382 valence electrons. The van der Waals surface area contributed by atoms with E-state index in [-0.39, 0.29) is 0 Å². The molecule has 0 heteroatoms. The van der Waals surface area contributed by atoms with Crippen molar-refractivity contribution in [2.45, 2.75) is 0 Å². The lowest BCUT2D eigenvalue weighted by Gasteiger charge is -2.23. The first-order valence-electron chi connectivity index (χ1n) is 28.4. The van der Waals surface area contributed by atoms with Gasteiger partial charge in [-0.1, -0.05) is 261 Å². The second-order valence-corrected chi connectivity index (χ2v) is 21.6. The van der Waals surface area contributed by atoms with Crippen molar-refractivity contribution in [3.8, 4) is 122 Å². The SMILES string of the molecule is c1ccc(-c2ccc(-c3cc(-c4cc(-c5ccccc5)cc(-c5ccccc5)c4)c4ccc5c(-c6cc(-c7ccccc7)cc(-c7ccccc7)c6)cc(-c6cc(-c7ccccc7)cc(-c7ccccc7)c6)c6ccc3c4c65)cc2)cc1. The number of hydrogen-bond donors (Lipinski definition) is 0. The van der Waals surface area contributed by atoms with Crippen LogP contribution in [0.2, 0.25) is 0 Å². The Balaban J connectivity index is 1.08. The summed E-state index contributed by atoms with van der Waals surface area (Å²) in [6.45, 7) is 0. The first-order valence-corrected chi connectivity index (χ1v) is 28.4. The van der Waals surface area contributed by atoms with Crippen LogP contribution in [-0.4, -0.2) is 0 Å². The summed E-state index contributed by atoms with van der Waals surface area (Å²) in [6, 6.07) is 121. The maximum absolute atomic E-state index is 2.50. The third kappa shape index (κ3) is 9.03. The van der Waals surface area contributed by atoms with E-state index in [2.05, 4.69) is 328 Å². The zero-order valence-corrected chi connectivity index (χ0v) is 45.2. The van der Waals surface area contributed by atoms with Gasteiger partial charge < -0.3 is 0 Å². The van der Waals surface area contributed by atoms with Crippen molar-refractivity contribution in [2.75, 3.05) is 0 Å². The fraction of sp³-hybridized carbons (Fsp3) is 0. The Labute approximate surface area is 479 Å². The molecule has 15 aromatic rings. The highest BCUT2D eigenvalue weighted by molar-refractivity contribution is 6.32. The molecule has 0 radical (unpaired) electrons. The molecule has 0 heterocycles. The van der Waals surface area contributed by atoms with Gasteiger partial charge in [0.1, 0.15) is 0 Å². The Morgan fingerprint density at radius 2 is 0.280 bits per heavy atom. The van der Waals surface area contributed by atoms with Crippen molar-refractivity contribution >= 4 is 32.3 Å². The van der Waals surface area contributed by atoms with Crippen LogP contribution in [0.4, 0.5) is 0 Å². The van der Waals surface area contributed by atoms with Crippen LogP contribution in [0.25, 0.3) is 155 Å². The van der Waals surface area contributed by atoms with Crippen LogP contribution in [0.3, 0.4) is 0 Å². The molecule has 0 saturated heterocycles. The van der Waals surface area contributed by atoms with Crippen molar-refractivity contribution in [3.05, 3.63) is 328 Å². The van der Waals surface area contributed by atoms with Gasteiger partial charge in [-0.3, -0.25) is 0 Å². The molecule has 0 aliphatic rings. The van der Waals surface area contributed by atoms with E-state index in [0.29, 0.717) is 0 Å². The smallest absolute Gasteiger partial charge is 0.00139 e. The van der Waals surface area contributed by atoms with Crippen LogP contribution in [0.1, 0.15) is 0 Å². The van der Waals surface area contributed by atoms with E-state index < -0.39 is 0 Å². The lowest BCUT2D eigenvalue weighted by atomic mass is 9.80. The average Bonchev–Trinajstić information content (AvgIpc) is 3.27. The zero-order valence-electron chi connectivity index (χ0n) is 45.2. The highest BCUT2D eigenvalue weighted by Gasteiger charge is 2.23. The Kier molecular flexibility index (Phi) is 12.3. The fourth-order valence-corrected chi connectivity index (χ4v) is 12.6. The molecule has 0 unspecified atom stereocenters. The Hall–Kier alpha value is -10.7. The van der Waals surface area contributed by atoms with Crippen molar-refractivity contribution < 1.29 is 0 Å². The molecule has 0 nitrogen and oxygen atoms in total. The molecule has 82 heavy (non-hydrogen) atoms. The van der Waals surface area contributed by atoms with Crippen molar-refractivity contribution in [3.63, 3.8) is 0 Å². The fourth-order valence-electron chi connectivity index (χ4n) is 12.6. The van der Waals surface area contributed by atoms with E-state index in [4.69, 9.17) is 0 Å². The minimum absolute atomic E-state index is 1.17. The predicted molar refractivity (Wildman–Crippen MR) is 350 cm³/mol. The standard InChI is InChI=1S/C82H54/c1-8-22-55(23-9-1)62-36-38-63(39-37-62)77-53-78(70-47-64(56-24-10-2-11-25-56)44-65(48-70)57-26-12-3-13-27-57)74-42-43-76-80(72-51-68(60-32-18-6-19-33-60)46-69(52-72)61-34-20-7-21-35-61)54-79(75-41-40-73(77)81(74)82(75)76)71-49-66(58-28-14-4-15-29-58)45-67(50-71)59-30-16-5-17-31-59/h1-54H. The summed E-state index contributed by atoms with van der Waals surface area (Å²) in [4.78, 5) is 0. The first-order chi connectivity index (χ1) is 40.6. The molecule has 0 aliphatic heterocycles. The van der Waals surface area contributed by atoms with Gasteiger partial charge in [0.05, 0.1) is 0 Å². The summed E-state index contributed by atoms with van der Waals surface area (Å²) >= 11 is 0. The summed E-state index contributed by atoms with van der Waals surface area (Å²) in [6.07, 6.45) is 0. The van der Waals surface area contributed by atoms with E-state index in [1.165, 1.54) is 155 Å². The first kappa shape index (κ1) is 48.5. The second-order valence-electron chi connectivity index (χ2n) is 21.6. The summed E-state index contributed by atoms with van der Waals surface area (Å²) in [7, 11) is 0. The topological polar surface area (TPSA) is 0 Å². The average molecular weight is 1040 g/mol. The highest BCUT2D eigenvalue weighted by atomic mass is 14.3. The molecular weight excluding hydrogens is 985 g/mol. The van der Waals surface area contributed by atoms with Crippen molar-refractivity contribution in [1.29, 1.82) is 0 Å². The van der Waals surface area contributed by atoms with Gasteiger partial charge in [0, 0.05) is 0 Å². The molecule has 0 aliphatic carbocycles. The lowest BCUT2D eigenvalue weighted by Crippen LogP contribution is -1.96. The quantitative estimate of drug-likeness (QED) is 0.113. The van der Waals surface area contributed by atoms with Crippen LogP contribution in [0.15, 0.2) is 328 Å². The van der Waals surface area contributed by atoms with Crippen LogP contribution in [-0.2, 0) is 0 Å². The number of hydrogen-bond acceptors (Lipinski definition) is 0. The molecule has 0 N–H and O–H groups in total. The summed E-state index contributed by atoms with van der Waals surface area (Å²) < 4.78 is 0. The largest absolute Gasteiger partial charge is 0.0622 e. The number of benzene rings is 15. The molecule has 0 aromatic heterocycles. The van der Waals surface area contributed by atoms with E-state index >= 15 is 0 Å². The Morgan fingerprint density at radius 3 is 0.512 bits per heavy atom. The lowest BCUT2D eigenvalue weighted by molar-refractivity contribution is 1.56. The molecule has 0 amide bonds. The molecule has 0 atom stereocenters. The minimum Gasteiger partial charge on any atom is -0.0622 e. The maximum Gasteiger partial charge on any atom is -0.00139 e. The second kappa shape index (κ2) is 20.9. The summed E-state index contributed by atoms with van der Waals surface area (Å²) in [5.41, 5.74) is 26.0. The maximum atomic E-state index is 2.50. The van der Waals surface area contributed by atoms with E-state index in [0.717, 1.165) is 0 Å². The molecule has 15 aromatic carbocycles. The summed E-state index contributed by atoms with van der Waals surface area (Å²) in [5, 5.41) is 7.39. The molecular formula is C82H54. The molecule has 0 saturated carbocycles. The van der Waals surface area contributed by atoms with E-state index in [1.807, 2.05) is 0 Å². The molecule has 0 bridgehead atoms. The van der Waals surface area contributed by atoms with Crippen molar-refractivity contribution in [1.82, 2.24) is 0 Å². The Morgan fingerprint density at radius 1 is 0.110 bits per heavy atom. The number of rotatable bonds is 11. The van der Waals surface area contributed by atoms with Crippen LogP contribution >= 0.6 is 0 Å². The zero-order chi connectivity index (χ0) is 54.3. The van der Waals surface area contributed by atoms with Crippen molar-refractivity contribution in [2.24, 2.45) is 0 Å². The van der Waals surface area contributed by atoms with Gasteiger partial charge in [-0.15, -0.1) is 0 Å². The van der Waals surface area contributed by atoms with Crippen LogP contribution in [0, 0.1) is 0 Å². The van der Waals surface area contributed by atoms with Gasteiger partial charge in [-0.05, 0) is 221 Å².